The normalized spacial score (nSPS) is 11.4. The van der Waals surface area contributed by atoms with Crippen LogP contribution in [0.2, 0.25) is 0 Å². The molecule has 0 amide bonds. The molecule has 2 heterocycles. The molecule has 0 saturated carbocycles. The fraction of sp³-hybridized carbons (Fsp3) is 0. The number of H-pyrrole nitrogens is 1. The molecule has 0 aliphatic carbocycles. The highest BCUT2D eigenvalue weighted by atomic mass is 79.9. The van der Waals surface area contributed by atoms with E-state index in [0.29, 0.717) is 16.6 Å². The lowest BCUT2D eigenvalue weighted by molar-refractivity contribution is 0.919. The van der Waals surface area contributed by atoms with Crippen molar-refractivity contribution in [3.05, 3.63) is 67.8 Å². The molecule has 0 spiro atoms. The molecule has 2 aromatic carbocycles. The molecule has 1 N–H and O–H groups in total. The Bertz CT molecular complexity index is 1070. The van der Waals surface area contributed by atoms with Gasteiger partial charge in [-0.2, -0.15) is 0 Å². The summed E-state index contributed by atoms with van der Waals surface area (Å²) in [5.41, 5.74) is 3.00. The zero-order valence-electron chi connectivity index (χ0n) is 11.2. The maximum atomic E-state index is 12.7. The molecule has 0 bridgehead atoms. The van der Waals surface area contributed by atoms with Gasteiger partial charge in [-0.1, -0.05) is 46.3 Å². The van der Waals surface area contributed by atoms with Gasteiger partial charge in [0.1, 0.15) is 0 Å². The Labute approximate surface area is 142 Å². The molecule has 0 radical (unpaired) electrons. The number of hydrogen-bond donors (Lipinski definition) is 1. The van der Waals surface area contributed by atoms with Gasteiger partial charge in [0.25, 0.3) is 5.56 Å². The fourth-order valence-corrected chi connectivity index (χ4v) is 3.80. The lowest BCUT2D eigenvalue weighted by Crippen LogP contribution is -2.15. The first-order valence-electron chi connectivity index (χ1n) is 6.59. The van der Waals surface area contributed by atoms with Gasteiger partial charge in [-0.3, -0.25) is 9.89 Å². The molecule has 0 unspecified atom stereocenters. The highest BCUT2D eigenvalue weighted by Gasteiger charge is 2.12. The third-order valence-corrected chi connectivity index (χ3v) is 4.57. The maximum absolute atomic E-state index is 12.7. The third kappa shape index (κ3) is 2.10. The van der Waals surface area contributed by atoms with Crippen molar-refractivity contribution in [3.63, 3.8) is 0 Å². The van der Waals surface area contributed by atoms with Gasteiger partial charge < -0.3 is 0 Å². The quantitative estimate of drug-likeness (QED) is 0.499. The van der Waals surface area contributed by atoms with E-state index >= 15 is 0 Å². The highest BCUT2D eigenvalue weighted by Crippen LogP contribution is 2.26. The van der Waals surface area contributed by atoms with Crippen LogP contribution in [0.1, 0.15) is 0 Å². The van der Waals surface area contributed by atoms with Crippen LogP contribution >= 0.6 is 31.9 Å². The summed E-state index contributed by atoms with van der Waals surface area (Å²) in [6.07, 6.45) is 0. The minimum Gasteiger partial charge on any atom is -0.289 e. The van der Waals surface area contributed by atoms with Crippen LogP contribution in [-0.2, 0) is 0 Å². The Kier molecular flexibility index (Phi) is 3.16. The summed E-state index contributed by atoms with van der Waals surface area (Å²) in [5, 5.41) is 3.68. The van der Waals surface area contributed by atoms with Gasteiger partial charge >= 0.3 is 0 Å². The zero-order chi connectivity index (χ0) is 15.3. The Morgan fingerprint density at radius 2 is 1.82 bits per heavy atom. The molecule has 108 valence electrons. The predicted octanol–water partition coefficient (Wildman–Crippen LogP) is 4.37. The SMILES string of the molecule is O=c1c2cc(Br)cc(Br)c2nc2cc(-c3ccccc3)[nH]n12. The van der Waals surface area contributed by atoms with Crippen molar-refractivity contribution in [1.82, 2.24) is 14.6 Å². The van der Waals surface area contributed by atoms with Gasteiger partial charge in [0.05, 0.1) is 16.6 Å². The van der Waals surface area contributed by atoms with E-state index in [9.17, 15) is 4.79 Å². The summed E-state index contributed by atoms with van der Waals surface area (Å²) < 4.78 is 3.10. The topological polar surface area (TPSA) is 50.2 Å². The molecule has 0 atom stereocenters. The molecule has 4 rings (SSSR count). The Hall–Kier alpha value is -1.92. The second-order valence-electron chi connectivity index (χ2n) is 4.93. The molecule has 0 aliphatic rings. The molecule has 2 aromatic heterocycles. The van der Waals surface area contributed by atoms with Crippen molar-refractivity contribution in [2.45, 2.75) is 0 Å². The third-order valence-electron chi connectivity index (χ3n) is 3.51. The molecule has 4 aromatic rings. The average Bonchev–Trinajstić information content (AvgIpc) is 2.94. The molecular weight excluding hydrogens is 410 g/mol. The minimum absolute atomic E-state index is 0.121. The summed E-state index contributed by atoms with van der Waals surface area (Å²) in [5.74, 6) is 0. The number of nitrogens with zero attached hydrogens (tertiary/aromatic N) is 2. The molecule has 4 nitrogen and oxygen atoms in total. The van der Waals surface area contributed by atoms with Crippen molar-refractivity contribution in [1.29, 1.82) is 0 Å². The molecule has 0 fully saturated rings. The summed E-state index contributed by atoms with van der Waals surface area (Å²) in [6.45, 7) is 0. The summed E-state index contributed by atoms with van der Waals surface area (Å²) >= 11 is 6.88. The number of aromatic nitrogens is 3. The van der Waals surface area contributed by atoms with Crippen LogP contribution in [0.15, 0.2) is 62.3 Å². The van der Waals surface area contributed by atoms with E-state index in [2.05, 4.69) is 41.9 Å². The number of hydrogen-bond acceptors (Lipinski definition) is 2. The van der Waals surface area contributed by atoms with Gasteiger partial charge in [-0.15, -0.1) is 0 Å². The van der Waals surface area contributed by atoms with E-state index in [1.54, 1.807) is 6.07 Å². The van der Waals surface area contributed by atoms with Crippen molar-refractivity contribution in [3.8, 4) is 11.3 Å². The van der Waals surface area contributed by atoms with Crippen LogP contribution < -0.4 is 5.56 Å². The zero-order valence-corrected chi connectivity index (χ0v) is 14.3. The van der Waals surface area contributed by atoms with E-state index in [-0.39, 0.29) is 5.56 Å². The number of fused-ring (bicyclic) bond motifs is 2. The lowest BCUT2D eigenvalue weighted by Gasteiger charge is -2.02. The minimum atomic E-state index is -0.121. The lowest BCUT2D eigenvalue weighted by atomic mass is 10.2. The predicted molar refractivity (Wildman–Crippen MR) is 94.2 cm³/mol. The summed E-state index contributed by atoms with van der Waals surface area (Å²) in [6, 6.07) is 15.4. The molecule has 6 heteroatoms. The van der Waals surface area contributed by atoms with Crippen LogP contribution in [0.5, 0.6) is 0 Å². The number of rotatable bonds is 1. The van der Waals surface area contributed by atoms with E-state index in [1.807, 2.05) is 42.5 Å². The first-order chi connectivity index (χ1) is 10.6. The van der Waals surface area contributed by atoms with Crippen LogP contribution in [0.25, 0.3) is 27.8 Å². The van der Waals surface area contributed by atoms with Crippen molar-refractivity contribution < 1.29 is 0 Å². The van der Waals surface area contributed by atoms with Crippen LogP contribution in [0, 0.1) is 0 Å². The fourth-order valence-electron chi connectivity index (χ4n) is 2.48. The molecule has 0 saturated heterocycles. The average molecular weight is 419 g/mol. The Morgan fingerprint density at radius 1 is 1.05 bits per heavy atom. The number of halogens is 2. The summed E-state index contributed by atoms with van der Waals surface area (Å²) in [4.78, 5) is 17.3. The van der Waals surface area contributed by atoms with E-state index in [1.165, 1.54) is 4.52 Å². The van der Waals surface area contributed by atoms with E-state index < -0.39 is 0 Å². The summed E-state index contributed by atoms with van der Waals surface area (Å²) in [7, 11) is 0. The second kappa shape index (κ2) is 5.07. The molecule has 0 aliphatic heterocycles. The van der Waals surface area contributed by atoms with Gasteiger partial charge in [-0.25, -0.2) is 9.50 Å². The largest absolute Gasteiger partial charge is 0.289 e. The van der Waals surface area contributed by atoms with Crippen LogP contribution in [0.4, 0.5) is 0 Å². The van der Waals surface area contributed by atoms with Gasteiger partial charge in [-0.05, 0) is 33.6 Å². The van der Waals surface area contributed by atoms with Gasteiger partial charge in [0, 0.05) is 15.0 Å². The molecule has 22 heavy (non-hydrogen) atoms. The van der Waals surface area contributed by atoms with Gasteiger partial charge in [0.2, 0.25) is 0 Å². The van der Waals surface area contributed by atoms with E-state index in [0.717, 1.165) is 20.2 Å². The molecular formula is C16H9Br2N3O. The second-order valence-corrected chi connectivity index (χ2v) is 6.70. The first kappa shape index (κ1) is 13.7. The van der Waals surface area contributed by atoms with Crippen molar-refractivity contribution in [2.75, 3.05) is 0 Å². The standard InChI is InChI=1S/C16H9Br2N3O/c17-10-6-11-15(12(18)7-10)19-14-8-13(20-21(14)16(11)22)9-4-2-1-3-5-9/h1-8,20H. The van der Waals surface area contributed by atoms with Crippen molar-refractivity contribution in [2.24, 2.45) is 0 Å². The van der Waals surface area contributed by atoms with Crippen LogP contribution in [-0.4, -0.2) is 14.6 Å². The monoisotopic (exact) mass is 417 g/mol. The first-order valence-corrected chi connectivity index (χ1v) is 8.18. The van der Waals surface area contributed by atoms with E-state index in [4.69, 9.17) is 0 Å². The number of nitrogens with one attached hydrogen (secondary N) is 1. The maximum Gasteiger partial charge on any atom is 0.280 e. The number of benzene rings is 2. The highest BCUT2D eigenvalue weighted by molar-refractivity contribution is 9.11. The number of aromatic amines is 1. The van der Waals surface area contributed by atoms with Crippen LogP contribution in [0.3, 0.4) is 0 Å². The Balaban J connectivity index is 2.09. The Morgan fingerprint density at radius 3 is 2.59 bits per heavy atom. The smallest absolute Gasteiger partial charge is 0.280 e. The van der Waals surface area contributed by atoms with Crippen molar-refractivity contribution >= 4 is 48.4 Å². The van der Waals surface area contributed by atoms with Gasteiger partial charge in [0.15, 0.2) is 5.65 Å².